The van der Waals surface area contributed by atoms with Gasteiger partial charge in [0.05, 0.1) is 29.8 Å². The Kier molecular flexibility index (Phi) is 6.75. The number of aliphatic hydroxyl groups is 2. The van der Waals surface area contributed by atoms with E-state index in [0.717, 1.165) is 18.4 Å². The standard InChI is InChI=1S/C22H27FN2O3/c1-14-8-9-18(17(23)12-14)25-19-13-24-11-10-16(19)20(26)6-2-4-15-5-3-7-21(27)22(15)28/h8-13,15,21-22,25,27-28H,2-7H2,1H3. The van der Waals surface area contributed by atoms with Crippen LogP contribution in [-0.4, -0.2) is 33.2 Å². The zero-order chi connectivity index (χ0) is 20.1. The van der Waals surface area contributed by atoms with Crippen LogP contribution in [0.5, 0.6) is 0 Å². The number of nitrogens with one attached hydrogen (secondary N) is 1. The van der Waals surface area contributed by atoms with Gasteiger partial charge in [0.15, 0.2) is 5.78 Å². The number of Topliss-reactive ketones (excluding diaryl/α,β-unsaturated/α-hetero) is 1. The molecule has 0 spiro atoms. The molecule has 5 nitrogen and oxygen atoms in total. The third kappa shape index (κ3) is 4.94. The Bertz CT molecular complexity index is 827. The Morgan fingerprint density at radius 3 is 2.86 bits per heavy atom. The number of rotatable bonds is 7. The highest BCUT2D eigenvalue weighted by atomic mass is 19.1. The van der Waals surface area contributed by atoms with Crippen molar-refractivity contribution in [2.24, 2.45) is 5.92 Å². The zero-order valence-corrected chi connectivity index (χ0v) is 16.1. The number of carbonyl (C=O) groups is 1. The molecule has 1 aliphatic carbocycles. The van der Waals surface area contributed by atoms with Gasteiger partial charge in [-0.2, -0.15) is 0 Å². The van der Waals surface area contributed by atoms with E-state index in [4.69, 9.17) is 0 Å². The van der Waals surface area contributed by atoms with E-state index in [1.807, 2.05) is 6.92 Å². The van der Waals surface area contributed by atoms with Crippen LogP contribution >= 0.6 is 0 Å². The maximum atomic E-state index is 14.1. The second kappa shape index (κ2) is 9.26. The number of anilines is 2. The van der Waals surface area contributed by atoms with Crippen molar-refractivity contribution >= 4 is 17.2 Å². The molecule has 0 bridgehead atoms. The maximum absolute atomic E-state index is 14.1. The molecule has 6 heteroatoms. The van der Waals surface area contributed by atoms with Crippen LogP contribution in [0.4, 0.5) is 15.8 Å². The van der Waals surface area contributed by atoms with Crippen LogP contribution in [0.1, 0.15) is 54.4 Å². The Balaban J connectivity index is 1.62. The van der Waals surface area contributed by atoms with E-state index in [1.165, 1.54) is 12.3 Å². The van der Waals surface area contributed by atoms with E-state index < -0.39 is 12.2 Å². The van der Waals surface area contributed by atoms with Gasteiger partial charge in [-0.1, -0.05) is 12.5 Å². The van der Waals surface area contributed by atoms with Crippen molar-refractivity contribution in [1.29, 1.82) is 0 Å². The minimum absolute atomic E-state index is 0.0354. The maximum Gasteiger partial charge on any atom is 0.165 e. The molecule has 1 aromatic carbocycles. The number of aryl methyl sites for hydroxylation is 1. The smallest absolute Gasteiger partial charge is 0.165 e. The molecule has 1 fully saturated rings. The first kappa shape index (κ1) is 20.4. The summed E-state index contributed by atoms with van der Waals surface area (Å²) in [7, 11) is 0. The lowest BCUT2D eigenvalue weighted by Gasteiger charge is -2.31. The fourth-order valence-corrected chi connectivity index (χ4v) is 3.82. The molecule has 3 rings (SSSR count). The summed E-state index contributed by atoms with van der Waals surface area (Å²) in [5.41, 5.74) is 2.06. The van der Waals surface area contributed by atoms with Gasteiger partial charge in [0.1, 0.15) is 5.82 Å². The first-order valence-electron chi connectivity index (χ1n) is 9.82. The number of pyridine rings is 1. The number of hydrogen-bond donors (Lipinski definition) is 3. The Hall–Kier alpha value is -2.31. The summed E-state index contributed by atoms with van der Waals surface area (Å²) < 4.78 is 14.1. The lowest BCUT2D eigenvalue weighted by molar-refractivity contribution is -0.0470. The van der Waals surface area contributed by atoms with Gasteiger partial charge >= 0.3 is 0 Å². The molecule has 0 amide bonds. The molecule has 0 saturated heterocycles. The monoisotopic (exact) mass is 386 g/mol. The molecule has 3 N–H and O–H groups in total. The van der Waals surface area contributed by atoms with Gasteiger partial charge in [-0.05, 0) is 62.3 Å². The van der Waals surface area contributed by atoms with Gasteiger partial charge in [0.2, 0.25) is 0 Å². The second-order valence-electron chi connectivity index (χ2n) is 7.59. The second-order valence-corrected chi connectivity index (χ2v) is 7.59. The number of aromatic nitrogens is 1. The van der Waals surface area contributed by atoms with E-state index in [9.17, 15) is 19.4 Å². The van der Waals surface area contributed by atoms with E-state index >= 15 is 0 Å². The third-order valence-corrected chi connectivity index (χ3v) is 5.45. The van der Waals surface area contributed by atoms with Crippen molar-refractivity contribution in [3.05, 3.63) is 53.6 Å². The van der Waals surface area contributed by atoms with Crippen LogP contribution < -0.4 is 5.32 Å². The van der Waals surface area contributed by atoms with Crippen molar-refractivity contribution in [3.63, 3.8) is 0 Å². The third-order valence-electron chi connectivity index (χ3n) is 5.45. The summed E-state index contributed by atoms with van der Waals surface area (Å²) in [6.45, 7) is 1.81. The highest BCUT2D eigenvalue weighted by molar-refractivity contribution is 6.01. The summed E-state index contributed by atoms with van der Waals surface area (Å²) in [4.78, 5) is 16.8. The topological polar surface area (TPSA) is 82.5 Å². The summed E-state index contributed by atoms with van der Waals surface area (Å²) in [6, 6.07) is 6.51. The van der Waals surface area contributed by atoms with Gasteiger partial charge in [0.25, 0.3) is 0 Å². The molecule has 1 saturated carbocycles. The van der Waals surface area contributed by atoms with Crippen molar-refractivity contribution in [2.45, 2.75) is 57.7 Å². The van der Waals surface area contributed by atoms with Crippen molar-refractivity contribution in [1.82, 2.24) is 4.98 Å². The largest absolute Gasteiger partial charge is 0.390 e. The molecule has 0 aliphatic heterocycles. The summed E-state index contributed by atoms with van der Waals surface area (Å²) in [5.74, 6) is -0.399. The van der Waals surface area contributed by atoms with Crippen molar-refractivity contribution < 1.29 is 19.4 Å². The number of halogens is 1. The van der Waals surface area contributed by atoms with Gasteiger partial charge in [-0.3, -0.25) is 9.78 Å². The number of aliphatic hydroxyl groups excluding tert-OH is 2. The normalized spacial score (nSPS) is 22.1. The van der Waals surface area contributed by atoms with Crippen LogP contribution in [0.2, 0.25) is 0 Å². The predicted octanol–water partition coefficient (Wildman–Crippen LogP) is 4.15. The van der Waals surface area contributed by atoms with Gasteiger partial charge in [-0.15, -0.1) is 0 Å². The molecule has 28 heavy (non-hydrogen) atoms. The Morgan fingerprint density at radius 2 is 2.07 bits per heavy atom. The molecule has 3 atom stereocenters. The molecule has 0 radical (unpaired) electrons. The van der Waals surface area contributed by atoms with Gasteiger partial charge in [-0.25, -0.2) is 4.39 Å². The van der Waals surface area contributed by atoms with E-state index in [2.05, 4.69) is 10.3 Å². The van der Waals surface area contributed by atoms with E-state index in [1.54, 1.807) is 24.4 Å². The summed E-state index contributed by atoms with van der Waals surface area (Å²) in [6.07, 6.45) is 5.78. The number of nitrogens with zero attached hydrogens (tertiary/aromatic N) is 1. The molecule has 2 aromatic rings. The average Bonchev–Trinajstić information content (AvgIpc) is 2.67. The van der Waals surface area contributed by atoms with Crippen LogP contribution in [0.25, 0.3) is 0 Å². The zero-order valence-electron chi connectivity index (χ0n) is 16.1. The quantitative estimate of drug-likeness (QED) is 0.623. The first-order chi connectivity index (χ1) is 13.5. The number of ketones is 1. The van der Waals surface area contributed by atoms with Crippen LogP contribution in [0.15, 0.2) is 36.7 Å². The Morgan fingerprint density at radius 1 is 1.25 bits per heavy atom. The molecular formula is C22H27FN2O3. The van der Waals surface area contributed by atoms with Gasteiger partial charge < -0.3 is 15.5 Å². The summed E-state index contributed by atoms with van der Waals surface area (Å²) in [5, 5.41) is 22.8. The minimum Gasteiger partial charge on any atom is -0.390 e. The number of benzene rings is 1. The van der Waals surface area contributed by atoms with Gasteiger partial charge in [0, 0.05) is 18.2 Å². The highest BCUT2D eigenvalue weighted by Gasteiger charge is 2.30. The SMILES string of the molecule is Cc1ccc(Nc2cnccc2C(=O)CCCC2CCCC(O)C2O)c(F)c1. The average molecular weight is 386 g/mol. The molecule has 1 aromatic heterocycles. The van der Waals surface area contributed by atoms with Crippen molar-refractivity contribution in [3.8, 4) is 0 Å². The molecular weight excluding hydrogens is 359 g/mol. The van der Waals surface area contributed by atoms with Crippen LogP contribution in [0, 0.1) is 18.7 Å². The van der Waals surface area contributed by atoms with E-state index in [-0.39, 0.29) is 17.5 Å². The highest BCUT2D eigenvalue weighted by Crippen LogP contribution is 2.30. The lowest BCUT2D eigenvalue weighted by atomic mass is 9.81. The number of hydrogen-bond acceptors (Lipinski definition) is 5. The molecule has 1 aliphatic rings. The Labute approximate surface area is 164 Å². The molecule has 3 unspecified atom stereocenters. The van der Waals surface area contributed by atoms with Crippen LogP contribution in [0.3, 0.4) is 0 Å². The molecule has 1 heterocycles. The summed E-state index contributed by atoms with van der Waals surface area (Å²) >= 11 is 0. The first-order valence-corrected chi connectivity index (χ1v) is 9.82. The molecule has 150 valence electrons. The predicted molar refractivity (Wildman–Crippen MR) is 106 cm³/mol. The fourth-order valence-electron chi connectivity index (χ4n) is 3.82. The van der Waals surface area contributed by atoms with Crippen molar-refractivity contribution in [2.75, 3.05) is 5.32 Å². The van der Waals surface area contributed by atoms with E-state index in [0.29, 0.717) is 42.6 Å². The van der Waals surface area contributed by atoms with Crippen LogP contribution in [-0.2, 0) is 0 Å². The lowest BCUT2D eigenvalue weighted by Crippen LogP contribution is -2.37. The minimum atomic E-state index is -0.702. The number of carbonyl (C=O) groups excluding carboxylic acids is 1. The fraction of sp³-hybridized carbons (Fsp3) is 0.455.